The van der Waals surface area contributed by atoms with Gasteiger partial charge < -0.3 is 10.4 Å². The number of nitro groups is 1. The summed E-state index contributed by atoms with van der Waals surface area (Å²) in [6, 6.07) is 14.2. The van der Waals surface area contributed by atoms with Crippen LogP contribution in [0.3, 0.4) is 0 Å². The van der Waals surface area contributed by atoms with Gasteiger partial charge >= 0.3 is 0 Å². The van der Waals surface area contributed by atoms with Crippen molar-refractivity contribution in [1.29, 1.82) is 0 Å². The van der Waals surface area contributed by atoms with Crippen molar-refractivity contribution in [3.05, 3.63) is 69.8 Å². The Morgan fingerprint density at radius 3 is 2.50 bits per heavy atom. The van der Waals surface area contributed by atoms with E-state index in [2.05, 4.69) is 5.32 Å². The van der Waals surface area contributed by atoms with E-state index in [1.165, 1.54) is 12.1 Å². The summed E-state index contributed by atoms with van der Waals surface area (Å²) in [6.07, 6.45) is 0.779. The molecule has 0 heterocycles. The lowest BCUT2D eigenvalue weighted by Gasteiger charge is -2.07. The molecule has 2 N–H and O–H groups in total. The second-order valence-electron chi connectivity index (χ2n) is 4.46. The Hall–Kier alpha value is -2.40. The van der Waals surface area contributed by atoms with Gasteiger partial charge in [-0.1, -0.05) is 24.3 Å². The number of anilines is 1. The van der Waals surface area contributed by atoms with Crippen molar-refractivity contribution >= 4 is 11.4 Å². The topological polar surface area (TPSA) is 75.4 Å². The van der Waals surface area contributed by atoms with E-state index < -0.39 is 4.92 Å². The van der Waals surface area contributed by atoms with E-state index in [0.29, 0.717) is 0 Å². The number of aliphatic hydroxyl groups excluding tert-OH is 1. The second kappa shape index (κ2) is 6.68. The number of aliphatic hydroxyl groups is 1. The molecule has 0 atom stereocenters. The van der Waals surface area contributed by atoms with E-state index in [0.717, 1.165) is 29.8 Å². The first-order valence-corrected chi connectivity index (χ1v) is 6.36. The first-order valence-electron chi connectivity index (χ1n) is 6.36. The van der Waals surface area contributed by atoms with Crippen molar-refractivity contribution in [2.75, 3.05) is 11.9 Å². The highest BCUT2D eigenvalue weighted by Gasteiger charge is 2.03. The van der Waals surface area contributed by atoms with Crippen LogP contribution < -0.4 is 5.32 Å². The molecule has 2 rings (SSSR count). The van der Waals surface area contributed by atoms with Crippen molar-refractivity contribution in [2.45, 2.75) is 13.0 Å². The summed E-state index contributed by atoms with van der Waals surface area (Å²) < 4.78 is 0. The lowest BCUT2D eigenvalue weighted by Crippen LogP contribution is -2.05. The number of hydrogen-bond acceptors (Lipinski definition) is 4. The fraction of sp³-hybridized carbons (Fsp3) is 0.200. The van der Waals surface area contributed by atoms with Gasteiger partial charge in [-0.05, 0) is 29.7 Å². The molecule has 104 valence electrons. The highest BCUT2D eigenvalue weighted by molar-refractivity contribution is 5.45. The van der Waals surface area contributed by atoms with Gasteiger partial charge in [0.05, 0.1) is 11.5 Å². The van der Waals surface area contributed by atoms with Gasteiger partial charge in [0, 0.05) is 24.4 Å². The number of non-ortho nitro benzene ring substituents is 1. The Labute approximate surface area is 117 Å². The Bertz CT molecular complexity index is 582. The molecule has 5 nitrogen and oxygen atoms in total. The fourth-order valence-electron chi connectivity index (χ4n) is 1.92. The van der Waals surface area contributed by atoms with Crippen molar-refractivity contribution in [3.63, 3.8) is 0 Å². The van der Waals surface area contributed by atoms with Crippen molar-refractivity contribution in [2.24, 2.45) is 0 Å². The van der Waals surface area contributed by atoms with Crippen LogP contribution in [0.25, 0.3) is 0 Å². The van der Waals surface area contributed by atoms with Gasteiger partial charge in [0.2, 0.25) is 0 Å². The molecule has 20 heavy (non-hydrogen) atoms. The maximum absolute atomic E-state index is 10.5. The molecule has 2 aromatic carbocycles. The maximum atomic E-state index is 10.5. The van der Waals surface area contributed by atoms with Crippen molar-refractivity contribution in [1.82, 2.24) is 0 Å². The summed E-state index contributed by atoms with van der Waals surface area (Å²) in [4.78, 5) is 10.1. The highest BCUT2D eigenvalue weighted by atomic mass is 16.6. The van der Waals surface area contributed by atoms with E-state index in [-0.39, 0.29) is 12.3 Å². The van der Waals surface area contributed by atoms with Crippen LogP contribution in [0.2, 0.25) is 0 Å². The Balaban J connectivity index is 1.87. The fourth-order valence-corrected chi connectivity index (χ4v) is 1.92. The highest BCUT2D eigenvalue weighted by Crippen LogP contribution is 2.13. The third-order valence-corrected chi connectivity index (χ3v) is 3.00. The average molecular weight is 272 g/mol. The number of nitrogens with one attached hydrogen (secondary N) is 1. The third-order valence-electron chi connectivity index (χ3n) is 3.00. The smallest absolute Gasteiger partial charge is 0.269 e. The molecule has 0 aliphatic carbocycles. The second-order valence-corrected chi connectivity index (χ2v) is 4.46. The zero-order chi connectivity index (χ0) is 14.4. The molecule has 0 unspecified atom stereocenters. The summed E-state index contributed by atoms with van der Waals surface area (Å²) in [5.74, 6) is 0. The van der Waals surface area contributed by atoms with Crippen LogP contribution in [-0.4, -0.2) is 16.6 Å². The summed E-state index contributed by atoms with van der Waals surface area (Å²) in [7, 11) is 0. The Morgan fingerprint density at radius 2 is 1.85 bits per heavy atom. The van der Waals surface area contributed by atoms with Gasteiger partial charge in [-0.3, -0.25) is 10.1 Å². The normalized spacial score (nSPS) is 10.2. The number of rotatable bonds is 6. The van der Waals surface area contributed by atoms with Crippen LogP contribution in [0.5, 0.6) is 0 Å². The van der Waals surface area contributed by atoms with Gasteiger partial charge in [-0.2, -0.15) is 0 Å². The van der Waals surface area contributed by atoms with Crippen LogP contribution in [-0.2, 0) is 13.0 Å². The van der Waals surface area contributed by atoms with E-state index in [4.69, 9.17) is 5.11 Å². The summed E-state index contributed by atoms with van der Waals surface area (Å²) in [5.41, 5.74) is 2.97. The third kappa shape index (κ3) is 3.80. The first-order chi connectivity index (χ1) is 9.69. The minimum absolute atomic E-state index is 0.0257. The molecule has 0 amide bonds. The molecule has 2 aromatic rings. The SMILES string of the molecule is O=[N+]([O-])c1ccc(CCNc2cccc(CO)c2)cc1. The van der Waals surface area contributed by atoms with Gasteiger partial charge in [0.25, 0.3) is 5.69 Å². The lowest BCUT2D eigenvalue weighted by molar-refractivity contribution is -0.384. The molecule has 5 heteroatoms. The molecule has 0 saturated carbocycles. The largest absolute Gasteiger partial charge is 0.392 e. The van der Waals surface area contributed by atoms with Gasteiger partial charge in [0.1, 0.15) is 0 Å². The predicted molar refractivity (Wildman–Crippen MR) is 77.7 cm³/mol. The number of nitro benzene ring substituents is 1. The predicted octanol–water partition coefficient (Wildman–Crippen LogP) is 2.74. The first kappa shape index (κ1) is 14.0. The molecule has 0 spiro atoms. The van der Waals surface area contributed by atoms with E-state index >= 15 is 0 Å². The maximum Gasteiger partial charge on any atom is 0.269 e. The number of nitrogens with zero attached hydrogens (tertiary/aromatic N) is 1. The molecule has 0 aromatic heterocycles. The molecule has 0 fully saturated rings. The molecule has 0 aliphatic rings. The quantitative estimate of drug-likeness (QED) is 0.626. The molecular weight excluding hydrogens is 256 g/mol. The molecule has 0 saturated heterocycles. The molecule has 0 bridgehead atoms. The minimum Gasteiger partial charge on any atom is -0.392 e. The molecular formula is C15H16N2O3. The van der Waals surface area contributed by atoms with Gasteiger partial charge in [0.15, 0.2) is 0 Å². The standard InChI is InChI=1S/C15H16N2O3/c18-11-13-2-1-3-14(10-13)16-9-8-12-4-6-15(7-5-12)17(19)20/h1-7,10,16,18H,8-9,11H2. The summed E-state index contributed by atoms with van der Waals surface area (Å²) in [5, 5.41) is 22.9. The monoisotopic (exact) mass is 272 g/mol. The average Bonchev–Trinajstić information content (AvgIpc) is 2.48. The van der Waals surface area contributed by atoms with Crippen LogP contribution >= 0.6 is 0 Å². The van der Waals surface area contributed by atoms with E-state index in [1.54, 1.807) is 12.1 Å². The number of benzene rings is 2. The minimum atomic E-state index is -0.400. The Morgan fingerprint density at radius 1 is 1.10 bits per heavy atom. The van der Waals surface area contributed by atoms with Gasteiger partial charge in [-0.25, -0.2) is 0 Å². The van der Waals surface area contributed by atoms with Gasteiger partial charge in [-0.15, -0.1) is 0 Å². The summed E-state index contributed by atoms with van der Waals surface area (Å²) >= 11 is 0. The summed E-state index contributed by atoms with van der Waals surface area (Å²) in [6.45, 7) is 0.755. The van der Waals surface area contributed by atoms with Crippen LogP contribution in [0, 0.1) is 10.1 Å². The number of hydrogen-bond donors (Lipinski definition) is 2. The Kier molecular flexibility index (Phi) is 4.68. The zero-order valence-corrected chi connectivity index (χ0v) is 11.0. The molecule has 0 aliphatic heterocycles. The van der Waals surface area contributed by atoms with Crippen molar-refractivity contribution in [3.8, 4) is 0 Å². The van der Waals surface area contributed by atoms with Crippen LogP contribution in [0.4, 0.5) is 11.4 Å². The van der Waals surface area contributed by atoms with E-state index in [1.807, 2.05) is 24.3 Å². The lowest BCUT2D eigenvalue weighted by atomic mass is 10.1. The molecule has 0 radical (unpaired) electrons. The zero-order valence-electron chi connectivity index (χ0n) is 11.0. The van der Waals surface area contributed by atoms with Crippen LogP contribution in [0.15, 0.2) is 48.5 Å². The van der Waals surface area contributed by atoms with Crippen LogP contribution in [0.1, 0.15) is 11.1 Å². The van der Waals surface area contributed by atoms with E-state index in [9.17, 15) is 10.1 Å². The van der Waals surface area contributed by atoms with Crippen molar-refractivity contribution < 1.29 is 10.0 Å².